The number of hydrogen-bond acceptors (Lipinski definition) is 6. The largest absolute Gasteiger partial charge is 0.478 e. The average Bonchev–Trinajstić information content (AvgIpc) is 2.98. The fourth-order valence-corrected chi connectivity index (χ4v) is 2.15. The van der Waals surface area contributed by atoms with Crippen molar-refractivity contribution < 1.29 is 14.1 Å². The van der Waals surface area contributed by atoms with Gasteiger partial charge in [0, 0.05) is 6.92 Å². The zero-order valence-electron chi connectivity index (χ0n) is 14.4. The minimum Gasteiger partial charge on any atom is -0.478 e. The minimum absolute atomic E-state index is 0.181. The third-order valence-corrected chi connectivity index (χ3v) is 3.35. The lowest BCUT2D eigenvalue weighted by Gasteiger charge is -2.23. The number of aromatic nitrogens is 2. The van der Waals surface area contributed by atoms with Crippen molar-refractivity contribution in [2.75, 3.05) is 0 Å². The molecule has 2 aromatic rings. The van der Waals surface area contributed by atoms with E-state index in [1.54, 1.807) is 52.0 Å². The maximum atomic E-state index is 11.3. The van der Waals surface area contributed by atoms with Crippen LogP contribution in [0.5, 0.6) is 5.75 Å². The smallest absolute Gasteiger partial charge is 0.270 e. The van der Waals surface area contributed by atoms with Gasteiger partial charge in [-0.3, -0.25) is 4.79 Å². The fourth-order valence-electron chi connectivity index (χ4n) is 2.15. The second kappa shape index (κ2) is 6.32. The highest BCUT2D eigenvalue weighted by molar-refractivity contribution is 5.73. The van der Waals surface area contributed by atoms with Crippen LogP contribution in [0.15, 0.2) is 28.8 Å². The highest BCUT2D eigenvalue weighted by Crippen LogP contribution is 2.28. The van der Waals surface area contributed by atoms with Gasteiger partial charge in [0.1, 0.15) is 5.75 Å². The molecule has 1 aromatic heterocycles. The van der Waals surface area contributed by atoms with Gasteiger partial charge in [-0.1, -0.05) is 5.16 Å². The van der Waals surface area contributed by atoms with Crippen LogP contribution < -0.4 is 10.1 Å². The minimum atomic E-state index is -0.869. The molecule has 1 heterocycles. The number of nitriles is 1. The molecule has 0 radical (unpaired) electrons. The molecule has 126 valence electrons. The van der Waals surface area contributed by atoms with Gasteiger partial charge in [0.25, 0.3) is 5.89 Å². The summed E-state index contributed by atoms with van der Waals surface area (Å²) in [5.41, 5.74) is -1.07. The molecule has 24 heavy (non-hydrogen) atoms. The van der Waals surface area contributed by atoms with Gasteiger partial charge >= 0.3 is 0 Å². The Morgan fingerprint density at radius 1 is 1.25 bits per heavy atom. The molecule has 0 saturated heterocycles. The molecular weight excluding hydrogens is 308 g/mol. The Bertz CT molecular complexity index is 770. The van der Waals surface area contributed by atoms with Crippen molar-refractivity contribution in [3.8, 4) is 11.8 Å². The number of carbonyl (C=O) groups is 1. The molecule has 0 unspecified atom stereocenters. The Balaban J connectivity index is 2.20. The van der Waals surface area contributed by atoms with Crippen LogP contribution in [0.25, 0.3) is 0 Å². The summed E-state index contributed by atoms with van der Waals surface area (Å²) < 4.78 is 11.2. The quantitative estimate of drug-likeness (QED) is 0.905. The topological polar surface area (TPSA) is 101 Å². The summed E-state index contributed by atoms with van der Waals surface area (Å²) in [6.07, 6.45) is 0. The van der Waals surface area contributed by atoms with Gasteiger partial charge in [-0.05, 0) is 52.0 Å². The zero-order valence-corrected chi connectivity index (χ0v) is 14.4. The van der Waals surface area contributed by atoms with Gasteiger partial charge in [-0.25, -0.2) is 0 Å². The molecule has 0 aliphatic rings. The predicted octanol–water partition coefficient (Wildman–Crippen LogP) is 2.63. The van der Waals surface area contributed by atoms with Crippen molar-refractivity contribution in [2.24, 2.45) is 0 Å². The summed E-state index contributed by atoms with van der Waals surface area (Å²) in [5.74, 6) is 1.06. The maximum absolute atomic E-state index is 11.3. The van der Waals surface area contributed by atoms with E-state index in [4.69, 9.17) is 14.5 Å². The number of rotatable bonds is 5. The maximum Gasteiger partial charge on any atom is 0.270 e. The molecule has 0 aliphatic heterocycles. The highest BCUT2D eigenvalue weighted by atomic mass is 16.5. The first kappa shape index (κ1) is 17.5. The van der Waals surface area contributed by atoms with Crippen LogP contribution in [-0.4, -0.2) is 16.0 Å². The lowest BCUT2D eigenvalue weighted by atomic mass is 10.0. The van der Waals surface area contributed by atoms with E-state index < -0.39 is 11.1 Å². The van der Waals surface area contributed by atoms with Crippen LogP contribution in [0, 0.1) is 11.3 Å². The second-order valence-electron chi connectivity index (χ2n) is 6.48. The van der Waals surface area contributed by atoms with Crippen molar-refractivity contribution in [3.05, 3.63) is 41.5 Å². The second-order valence-corrected chi connectivity index (χ2v) is 6.48. The predicted molar refractivity (Wildman–Crippen MR) is 86.0 cm³/mol. The van der Waals surface area contributed by atoms with Gasteiger partial charge in [0.15, 0.2) is 11.4 Å². The lowest BCUT2D eigenvalue weighted by Crippen LogP contribution is -2.40. The summed E-state index contributed by atoms with van der Waals surface area (Å²) in [5, 5.41) is 15.5. The van der Waals surface area contributed by atoms with Gasteiger partial charge in [-0.2, -0.15) is 10.2 Å². The summed E-state index contributed by atoms with van der Waals surface area (Å²) in [7, 11) is 0. The van der Waals surface area contributed by atoms with E-state index in [0.717, 1.165) is 0 Å². The first-order chi connectivity index (χ1) is 11.1. The van der Waals surface area contributed by atoms with Crippen LogP contribution in [0.2, 0.25) is 0 Å². The first-order valence-corrected chi connectivity index (χ1v) is 7.46. The summed E-state index contributed by atoms with van der Waals surface area (Å²) in [6.45, 7) is 8.61. The molecule has 1 aromatic carbocycles. The Morgan fingerprint density at radius 3 is 2.42 bits per heavy atom. The molecule has 7 heteroatoms. The van der Waals surface area contributed by atoms with E-state index in [0.29, 0.717) is 23.0 Å². The molecule has 0 saturated carbocycles. The van der Waals surface area contributed by atoms with Gasteiger partial charge < -0.3 is 14.6 Å². The number of hydrogen-bond donors (Lipinski definition) is 1. The first-order valence-electron chi connectivity index (χ1n) is 7.46. The monoisotopic (exact) mass is 328 g/mol. The van der Waals surface area contributed by atoms with Crippen molar-refractivity contribution in [2.45, 2.75) is 45.8 Å². The number of carbonyl (C=O) groups excluding carboxylic acids is 1. The normalized spacial score (nSPS) is 11.7. The number of ether oxygens (including phenoxy) is 1. The van der Waals surface area contributed by atoms with E-state index in [-0.39, 0.29) is 5.91 Å². The van der Waals surface area contributed by atoms with Crippen molar-refractivity contribution >= 4 is 5.91 Å². The van der Waals surface area contributed by atoms with E-state index in [9.17, 15) is 4.79 Å². The Hall–Kier alpha value is -2.88. The number of nitrogens with zero attached hydrogens (tertiary/aromatic N) is 3. The third-order valence-electron chi connectivity index (χ3n) is 3.35. The van der Waals surface area contributed by atoms with Crippen LogP contribution >= 0.6 is 0 Å². The van der Waals surface area contributed by atoms with Crippen molar-refractivity contribution in [1.29, 1.82) is 5.26 Å². The standard InChI is InChI=1S/C17H20N4O3/c1-11(22)20-16(2,3)14-19-15(24-21-14)17(4,5)23-13-8-6-12(10-18)7-9-13/h6-9H,1-5H3,(H,20,22). The Labute approximate surface area is 140 Å². The Morgan fingerprint density at radius 2 is 1.88 bits per heavy atom. The van der Waals surface area contributed by atoms with Crippen molar-refractivity contribution in [3.63, 3.8) is 0 Å². The third kappa shape index (κ3) is 3.90. The zero-order chi connectivity index (χ0) is 18.0. The molecule has 0 spiro atoms. The molecule has 0 fully saturated rings. The number of benzene rings is 1. The fraction of sp³-hybridized carbons (Fsp3) is 0.412. The van der Waals surface area contributed by atoms with Crippen LogP contribution in [-0.2, 0) is 15.9 Å². The van der Waals surface area contributed by atoms with Gasteiger partial charge in [0.2, 0.25) is 5.91 Å². The highest BCUT2D eigenvalue weighted by Gasteiger charge is 2.34. The molecule has 0 aliphatic carbocycles. The Kier molecular flexibility index (Phi) is 4.60. The molecule has 2 rings (SSSR count). The van der Waals surface area contributed by atoms with E-state index in [2.05, 4.69) is 21.5 Å². The summed E-state index contributed by atoms with van der Waals surface area (Å²) in [4.78, 5) is 15.7. The van der Waals surface area contributed by atoms with E-state index in [1.807, 2.05) is 0 Å². The van der Waals surface area contributed by atoms with Gasteiger partial charge in [0.05, 0.1) is 17.2 Å². The van der Waals surface area contributed by atoms with Crippen LogP contribution in [0.3, 0.4) is 0 Å². The molecular formula is C17H20N4O3. The molecule has 0 atom stereocenters. The molecule has 1 amide bonds. The number of nitrogens with one attached hydrogen (secondary N) is 1. The van der Waals surface area contributed by atoms with Crippen LogP contribution in [0.1, 0.15) is 51.9 Å². The van der Waals surface area contributed by atoms with Crippen LogP contribution in [0.4, 0.5) is 0 Å². The molecule has 1 N–H and O–H groups in total. The summed E-state index contributed by atoms with van der Waals surface area (Å²) in [6, 6.07) is 8.81. The molecule has 0 bridgehead atoms. The SMILES string of the molecule is CC(=O)NC(C)(C)c1noc(C(C)(C)Oc2ccc(C#N)cc2)n1. The molecule has 7 nitrogen and oxygen atoms in total. The lowest BCUT2D eigenvalue weighted by molar-refractivity contribution is -0.120. The van der Waals surface area contributed by atoms with Crippen molar-refractivity contribution in [1.82, 2.24) is 15.5 Å². The van der Waals surface area contributed by atoms with E-state index in [1.165, 1.54) is 6.92 Å². The average molecular weight is 328 g/mol. The number of amides is 1. The van der Waals surface area contributed by atoms with Gasteiger partial charge in [-0.15, -0.1) is 0 Å². The summed E-state index contributed by atoms with van der Waals surface area (Å²) >= 11 is 0. The van der Waals surface area contributed by atoms with E-state index >= 15 is 0 Å².